The molecule has 1 aromatic rings. The highest BCUT2D eigenvalue weighted by Crippen LogP contribution is 2.20. The van der Waals surface area contributed by atoms with E-state index in [9.17, 15) is 0 Å². The van der Waals surface area contributed by atoms with E-state index >= 15 is 0 Å². The van der Waals surface area contributed by atoms with Gasteiger partial charge in [-0.3, -0.25) is 0 Å². The van der Waals surface area contributed by atoms with Crippen LogP contribution < -0.4 is 4.74 Å². The van der Waals surface area contributed by atoms with Gasteiger partial charge in [-0.15, -0.1) is 0 Å². The maximum Gasteiger partial charge on any atom is 0.230 e. The van der Waals surface area contributed by atoms with Crippen molar-refractivity contribution in [3.8, 4) is 5.75 Å². The van der Waals surface area contributed by atoms with Gasteiger partial charge >= 0.3 is 0 Å². The number of ether oxygens (including phenoxy) is 1. The van der Waals surface area contributed by atoms with E-state index in [4.69, 9.17) is 4.74 Å². The third kappa shape index (κ3) is 2.86. The van der Waals surface area contributed by atoms with Crippen LogP contribution in [0.5, 0.6) is 5.75 Å². The number of rotatable bonds is 3. The molecule has 0 bridgehead atoms. The molecule has 1 atom stereocenters. The first-order valence-electron chi connectivity index (χ1n) is 4.45. The van der Waals surface area contributed by atoms with E-state index in [1.165, 1.54) is 0 Å². The van der Waals surface area contributed by atoms with Gasteiger partial charge < -0.3 is 4.74 Å². The number of para-hydroxylation sites is 1. The molecule has 0 amide bonds. The first kappa shape index (κ1) is 9.72. The number of hydrogen-bond donors (Lipinski definition) is 0. The van der Waals surface area contributed by atoms with Crippen molar-refractivity contribution in [3.63, 3.8) is 0 Å². The average molecular weight is 175 g/mol. The summed E-state index contributed by atoms with van der Waals surface area (Å²) in [7, 11) is 0. The van der Waals surface area contributed by atoms with E-state index in [0.717, 1.165) is 11.3 Å². The van der Waals surface area contributed by atoms with Gasteiger partial charge in [0, 0.05) is 12.5 Å². The lowest BCUT2D eigenvalue weighted by atomic mass is 10.2. The molecule has 0 aliphatic heterocycles. The molecule has 0 fully saturated rings. The van der Waals surface area contributed by atoms with Crippen LogP contribution in [0.2, 0.25) is 0 Å². The Labute approximate surface area is 80.0 Å². The first-order chi connectivity index (χ1) is 6.24. The Kier molecular flexibility index (Phi) is 3.44. The highest BCUT2D eigenvalue weighted by atomic mass is 16.5. The second-order valence-corrected chi connectivity index (χ2v) is 2.97. The molecule has 1 unspecified atom stereocenters. The zero-order valence-corrected chi connectivity index (χ0v) is 8.16. The summed E-state index contributed by atoms with van der Waals surface area (Å²) in [6, 6.07) is 7.94. The van der Waals surface area contributed by atoms with Crippen LogP contribution in [-0.2, 0) is 0 Å². The molecule has 1 nitrogen and oxygen atoms in total. The maximum absolute atomic E-state index is 5.54. The van der Waals surface area contributed by atoms with Crippen molar-refractivity contribution in [2.45, 2.75) is 20.0 Å². The van der Waals surface area contributed by atoms with Gasteiger partial charge in [-0.1, -0.05) is 30.4 Å². The molecule has 1 aromatic carbocycles. The predicted octanol–water partition coefficient (Wildman–Crippen LogP) is 3.32. The first-order valence-corrected chi connectivity index (χ1v) is 4.45. The number of hydrogen-bond acceptors (Lipinski definition) is 1. The summed E-state index contributed by atoms with van der Waals surface area (Å²) in [5, 5.41) is 0. The van der Waals surface area contributed by atoms with Gasteiger partial charge in [0.1, 0.15) is 12.7 Å². The Morgan fingerprint density at radius 2 is 2.08 bits per heavy atom. The Morgan fingerprint density at radius 1 is 1.38 bits per heavy atom. The summed E-state index contributed by atoms with van der Waals surface area (Å²) in [6.07, 6.45) is 4.00. The zero-order chi connectivity index (χ0) is 9.68. The minimum Gasteiger partial charge on any atom is -0.450 e. The van der Waals surface area contributed by atoms with Gasteiger partial charge in [0.25, 0.3) is 0 Å². The van der Waals surface area contributed by atoms with Gasteiger partial charge in [0.15, 0.2) is 0 Å². The second kappa shape index (κ2) is 4.61. The van der Waals surface area contributed by atoms with Crippen LogP contribution in [0, 0.1) is 6.92 Å². The molecular formula is C12H15O+. The smallest absolute Gasteiger partial charge is 0.230 e. The number of benzene rings is 1. The lowest BCUT2D eigenvalue weighted by Gasteiger charge is -2.07. The monoisotopic (exact) mass is 175 g/mol. The van der Waals surface area contributed by atoms with Gasteiger partial charge in [0.2, 0.25) is 6.10 Å². The Hall–Kier alpha value is -1.37. The summed E-state index contributed by atoms with van der Waals surface area (Å²) in [5.74, 6) is 0.892. The van der Waals surface area contributed by atoms with Crippen molar-refractivity contribution in [1.29, 1.82) is 0 Å². The zero-order valence-electron chi connectivity index (χ0n) is 8.16. The van der Waals surface area contributed by atoms with Crippen LogP contribution >= 0.6 is 0 Å². The second-order valence-electron chi connectivity index (χ2n) is 2.97. The minimum atomic E-state index is -0.0218. The molecule has 13 heavy (non-hydrogen) atoms. The summed E-state index contributed by atoms with van der Waals surface area (Å²) >= 11 is 0. The quantitative estimate of drug-likeness (QED) is 0.640. The van der Waals surface area contributed by atoms with E-state index in [-0.39, 0.29) is 6.10 Å². The molecule has 0 aromatic heterocycles. The van der Waals surface area contributed by atoms with Crippen molar-refractivity contribution in [2.24, 2.45) is 0 Å². The topological polar surface area (TPSA) is 9.23 Å². The Bertz CT molecular complexity index is 287. The van der Waals surface area contributed by atoms with Crippen LogP contribution in [0.25, 0.3) is 6.08 Å². The van der Waals surface area contributed by atoms with Crippen LogP contribution in [-0.4, -0.2) is 6.10 Å². The van der Waals surface area contributed by atoms with E-state index < -0.39 is 0 Å². The average Bonchev–Trinajstić information content (AvgIpc) is 2.08. The molecule has 1 heteroatoms. The fourth-order valence-electron chi connectivity index (χ4n) is 1.12. The summed E-state index contributed by atoms with van der Waals surface area (Å²) in [5.41, 5.74) is 1.10. The normalized spacial score (nSPS) is 13.1. The molecule has 0 aliphatic rings. The molecule has 1 rings (SSSR count). The van der Waals surface area contributed by atoms with Gasteiger partial charge in [-0.2, -0.15) is 0 Å². The van der Waals surface area contributed by atoms with Crippen molar-refractivity contribution in [1.82, 2.24) is 0 Å². The van der Waals surface area contributed by atoms with E-state index in [1.54, 1.807) is 0 Å². The lowest BCUT2D eigenvalue weighted by molar-refractivity contribution is 0.267. The summed E-state index contributed by atoms with van der Waals surface area (Å²) in [6.45, 7) is 7.70. The minimum absolute atomic E-state index is 0.0218. The van der Waals surface area contributed by atoms with Gasteiger partial charge in [-0.05, 0) is 13.0 Å². The third-order valence-electron chi connectivity index (χ3n) is 1.59. The van der Waals surface area contributed by atoms with E-state index in [1.807, 2.05) is 50.3 Å². The molecule has 68 valence electrons. The fourth-order valence-corrected chi connectivity index (χ4v) is 1.12. The van der Waals surface area contributed by atoms with Crippen LogP contribution in [0.3, 0.4) is 0 Å². The summed E-state index contributed by atoms with van der Waals surface area (Å²) in [4.78, 5) is 0. The molecule has 0 spiro atoms. The van der Waals surface area contributed by atoms with E-state index in [0.29, 0.717) is 0 Å². The van der Waals surface area contributed by atoms with Gasteiger partial charge in [0.05, 0.1) is 0 Å². The van der Waals surface area contributed by atoms with Crippen LogP contribution in [0.4, 0.5) is 0 Å². The van der Waals surface area contributed by atoms with E-state index in [2.05, 4.69) is 6.92 Å². The predicted molar refractivity (Wildman–Crippen MR) is 56.6 cm³/mol. The van der Waals surface area contributed by atoms with Crippen molar-refractivity contribution in [3.05, 3.63) is 42.8 Å². The third-order valence-corrected chi connectivity index (χ3v) is 1.59. The SMILES string of the molecule is [CH2+]C(C)Oc1ccccc1/C=C/C. The Morgan fingerprint density at radius 3 is 2.69 bits per heavy atom. The number of allylic oxidation sites excluding steroid dienone is 1. The fraction of sp³-hybridized carbons (Fsp3) is 0.250. The molecule has 0 radical (unpaired) electrons. The molecule has 0 aliphatic carbocycles. The molecule has 0 heterocycles. The largest absolute Gasteiger partial charge is 0.450 e. The van der Waals surface area contributed by atoms with Crippen molar-refractivity contribution < 1.29 is 4.74 Å². The van der Waals surface area contributed by atoms with Crippen molar-refractivity contribution in [2.75, 3.05) is 0 Å². The summed E-state index contributed by atoms with van der Waals surface area (Å²) < 4.78 is 5.54. The molecular weight excluding hydrogens is 160 g/mol. The lowest BCUT2D eigenvalue weighted by Crippen LogP contribution is -2.06. The van der Waals surface area contributed by atoms with Crippen LogP contribution in [0.15, 0.2) is 30.3 Å². The standard InChI is InChI=1S/C12H15O/c1-4-7-11-8-5-6-9-12(11)13-10(2)3/h4-10H,2H2,1,3H3/q+1/b7-4+. The highest BCUT2D eigenvalue weighted by molar-refractivity contribution is 5.56. The molecule has 0 saturated heterocycles. The molecule has 0 saturated carbocycles. The van der Waals surface area contributed by atoms with Gasteiger partial charge in [-0.25, -0.2) is 0 Å². The maximum atomic E-state index is 5.54. The highest BCUT2D eigenvalue weighted by Gasteiger charge is 2.04. The van der Waals surface area contributed by atoms with Crippen LogP contribution in [0.1, 0.15) is 19.4 Å². The van der Waals surface area contributed by atoms with Crippen molar-refractivity contribution >= 4 is 6.08 Å². The Balaban J connectivity index is 2.90. The molecule has 0 N–H and O–H groups in total.